The van der Waals surface area contributed by atoms with Crippen molar-refractivity contribution in [2.45, 2.75) is 32.9 Å². The molecule has 0 saturated carbocycles. The Morgan fingerprint density at radius 1 is 1.22 bits per heavy atom. The Labute approximate surface area is 138 Å². The average molecular weight is 318 g/mol. The molecule has 1 aromatic carbocycles. The number of nitrogens with one attached hydrogen (secondary N) is 1. The molecule has 0 heterocycles. The highest BCUT2D eigenvalue weighted by Gasteiger charge is 2.13. The minimum absolute atomic E-state index is 0.113. The SMILES string of the molecule is CC(C)CC(/C=C/C(=O)N(C)C)NC(=O)OCc1ccccc1. The fraction of sp³-hybridized carbons (Fsp3) is 0.444. The van der Waals surface area contributed by atoms with E-state index in [1.807, 2.05) is 30.3 Å². The van der Waals surface area contributed by atoms with Crippen LogP contribution in [0.25, 0.3) is 0 Å². The molecule has 1 aromatic rings. The fourth-order valence-electron chi connectivity index (χ4n) is 1.96. The van der Waals surface area contributed by atoms with Gasteiger partial charge < -0.3 is 15.0 Å². The molecule has 0 fully saturated rings. The van der Waals surface area contributed by atoms with Crippen LogP contribution in [0.2, 0.25) is 0 Å². The van der Waals surface area contributed by atoms with E-state index in [9.17, 15) is 9.59 Å². The summed E-state index contributed by atoms with van der Waals surface area (Å²) in [5.41, 5.74) is 0.932. The van der Waals surface area contributed by atoms with Crippen LogP contribution in [-0.2, 0) is 16.1 Å². The summed E-state index contributed by atoms with van der Waals surface area (Å²) >= 11 is 0. The summed E-state index contributed by atoms with van der Waals surface area (Å²) < 4.78 is 5.22. The molecule has 0 aromatic heterocycles. The molecule has 1 unspecified atom stereocenters. The summed E-state index contributed by atoms with van der Waals surface area (Å²) in [5, 5.41) is 2.79. The monoisotopic (exact) mass is 318 g/mol. The van der Waals surface area contributed by atoms with Crippen LogP contribution in [0.15, 0.2) is 42.5 Å². The van der Waals surface area contributed by atoms with E-state index in [2.05, 4.69) is 19.2 Å². The number of amides is 2. The normalized spacial score (nSPS) is 12.2. The van der Waals surface area contributed by atoms with E-state index in [1.54, 1.807) is 20.2 Å². The predicted molar refractivity (Wildman–Crippen MR) is 90.8 cm³/mol. The van der Waals surface area contributed by atoms with Gasteiger partial charge in [0.25, 0.3) is 0 Å². The second kappa shape index (κ2) is 9.66. The first-order valence-corrected chi connectivity index (χ1v) is 7.75. The molecule has 0 saturated heterocycles. The Hall–Kier alpha value is -2.30. The van der Waals surface area contributed by atoms with Gasteiger partial charge in [-0.15, -0.1) is 0 Å². The lowest BCUT2D eigenvalue weighted by molar-refractivity contribution is -0.123. The van der Waals surface area contributed by atoms with E-state index < -0.39 is 6.09 Å². The van der Waals surface area contributed by atoms with Crippen molar-refractivity contribution in [1.29, 1.82) is 0 Å². The molecule has 2 amide bonds. The number of hydrogen-bond acceptors (Lipinski definition) is 3. The first-order valence-electron chi connectivity index (χ1n) is 7.75. The topological polar surface area (TPSA) is 58.6 Å². The molecule has 0 spiro atoms. The highest BCUT2D eigenvalue weighted by molar-refractivity contribution is 5.87. The van der Waals surface area contributed by atoms with Crippen molar-refractivity contribution in [1.82, 2.24) is 10.2 Å². The number of benzene rings is 1. The number of rotatable bonds is 7. The zero-order valence-electron chi connectivity index (χ0n) is 14.3. The number of hydrogen-bond donors (Lipinski definition) is 1. The largest absolute Gasteiger partial charge is 0.445 e. The summed E-state index contributed by atoms with van der Waals surface area (Å²) in [6.45, 7) is 4.35. The van der Waals surface area contributed by atoms with Gasteiger partial charge in [0, 0.05) is 20.2 Å². The van der Waals surface area contributed by atoms with Gasteiger partial charge >= 0.3 is 6.09 Å². The minimum atomic E-state index is -0.485. The molecule has 0 bridgehead atoms. The highest BCUT2D eigenvalue weighted by Crippen LogP contribution is 2.07. The Kier molecular flexibility index (Phi) is 7.88. The van der Waals surface area contributed by atoms with Gasteiger partial charge in [0.05, 0.1) is 6.04 Å². The lowest BCUT2D eigenvalue weighted by atomic mass is 10.0. The van der Waals surface area contributed by atoms with Gasteiger partial charge in [0.2, 0.25) is 5.91 Å². The molecular weight excluding hydrogens is 292 g/mol. The molecule has 5 heteroatoms. The van der Waals surface area contributed by atoms with Crippen molar-refractivity contribution < 1.29 is 14.3 Å². The minimum Gasteiger partial charge on any atom is -0.445 e. The zero-order valence-corrected chi connectivity index (χ0v) is 14.3. The molecule has 23 heavy (non-hydrogen) atoms. The van der Waals surface area contributed by atoms with Gasteiger partial charge in [-0.1, -0.05) is 50.3 Å². The highest BCUT2D eigenvalue weighted by atomic mass is 16.5. The molecule has 0 aliphatic rings. The van der Waals surface area contributed by atoms with Gasteiger partial charge in [-0.2, -0.15) is 0 Å². The molecule has 0 aliphatic carbocycles. The number of carbonyl (C=O) groups is 2. The lowest BCUT2D eigenvalue weighted by Gasteiger charge is -2.17. The smallest absolute Gasteiger partial charge is 0.407 e. The van der Waals surface area contributed by atoms with Crippen LogP contribution >= 0.6 is 0 Å². The summed E-state index contributed by atoms with van der Waals surface area (Å²) in [7, 11) is 3.37. The van der Waals surface area contributed by atoms with Gasteiger partial charge in [-0.05, 0) is 17.9 Å². The van der Waals surface area contributed by atoms with Crippen molar-refractivity contribution in [3.05, 3.63) is 48.0 Å². The number of ether oxygens (including phenoxy) is 1. The number of nitrogens with zero attached hydrogens (tertiary/aromatic N) is 1. The van der Waals surface area contributed by atoms with E-state index in [0.717, 1.165) is 12.0 Å². The van der Waals surface area contributed by atoms with Crippen LogP contribution in [0.5, 0.6) is 0 Å². The standard InChI is InChI=1S/C18H26N2O3/c1-14(2)12-16(10-11-17(21)20(3)4)19-18(22)23-13-15-8-6-5-7-9-15/h5-11,14,16H,12-13H2,1-4H3,(H,19,22)/b11-10+. The molecule has 0 aliphatic heterocycles. The predicted octanol–water partition coefficient (Wildman–Crippen LogP) is 2.97. The average Bonchev–Trinajstić information content (AvgIpc) is 2.50. The molecule has 1 N–H and O–H groups in total. The third kappa shape index (κ3) is 8.04. The van der Waals surface area contributed by atoms with Crippen LogP contribution in [0.1, 0.15) is 25.8 Å². The van der Waals surface area contributed by atoms with Crippen LogP contribution in [0.4, 0.5) is 4.79 Å². The lowest BCUT2D eigenvalue weighted by Crippen LogP contribution is -2.35. The fourth-order valence-corrected chi connectivity index (χ4v) is 1.96. The van der Waals surface area contributed by atoms with Crippen molar-refractivity contribution in [3.63, 3.8) is 0 Å². The molecule has 0 radical (unpaired) electrons. The maximum Gasteiger partial charge on any atom is 0.407 e. The van der Waals surface area contributed by atoms with Gasteiger partial charge in [-0.3, -0.25) is 4.79 Å². The zero-order chi connectivity index (χ0) is 17.2. The van der Waals surface area contributed by atoms with E-state index in [0.29, 0.717) is 5.92 Å². The first kappa shape index (κ1) is 18.7. The van der Waals surface area contributed by atoms with Crippen molar-refractivity contribution in [2.24, 2.45) is 5.92 Å². The molecule has 5 nitrogen and oxygen atoms in total. The van der Waals surface area contributed by atoms with Crippen molar-refractivity contribution in [3.8, 4) is 0 Å². The van der Waals surface area contributed by atoms with E-state index in [1.165, 1.54) is 11.0 Å². The van der Waals surface area contributed by atoms with Gasteiger partial charge in [-0.25, -0.2) is 4.79 Å². The summed E-state index contributed by atoms with van der Waals surface area (Å²) in [6.07, 6.45) is 3.44. The van der Waals surface area contributed by atoms with Crippen LogP contribution in [0, 0.1) is 5.92 Å². The number of carbonyl (C=O) groups excluding carboxylic acids is 2. The Balaban J connectivity index is 2.54. The van der Waals surface area contributed by atoms with Crippen LogP contribution < -0.4 is 5.32 Å². The third-order valence-corrected chi connectivity index (χ3v) is 3.15. The number of likely N-dealkylation sites (N-methyl/N-ethyl adjacent to an activating group) is 1. The Morgan fingerprint density at radius 2 is 1.87 bits per heavy atom. The maximum atomic E-state index is 11.9. The second-order valence-electron chi connectivity index (χ2n) is 6.03. The molecule has 1 atom stereocenters. The van der Waals surface area contributed by atoms with E-state index in [4.69, 9.17) is 4.74 Å². The molecule has 126 valence electrons. The summed E-state index contributed by atoms with van der Waals surface area (Å²) in [5.74, 6) is 0.270. The van der Waals surface area contributed by atoms with Gasteiger partial charge in [0.1, 0.15) is 6.61 Å². The quantitative estimate of drug-likeness (QED) is 0.786. The van der Waals surface area contributed by atoms with Crippen LogP contribution in [0.3, 0.4) is 0 Å². The van der Waals surface area contributed by atoms with E-state index in [-0.39, 0.29) is 18.6 Å². The van der Waals surface area contributed by atoms with Gasteiger partial charge in [0.15, 0.2) is 0 Å². The molecule has 1 rings (SSSR count). The Bertz CT molecular complexity index is 524. The van der Waals surface area contributed by atoms with Crippen molar-refractivity contribution in [2.75, 3.05) is 14.1 Å². The summed E-state index contributed by atoms with van der Waals surface area (Å²) in [6, 6.07) is 9.27. The summed E-state index contributed by atoms with van der Waals surface area (Å²) in [4.78, 5) is 25.0. The molecular formula is C18H26N2O3. The third-order valence-electron chi connectivity index (χ3n) is 3.15. The first-order chi connectivity index (χ1) is 10.9. The van der Waals surface area contributed by atoms with Crippen molar-refractivity contribution >= 4 is 12.0 Å². The Morgan fingerprint density at radius 3 is 2.43 bits per heavy atom. The second-order valence-corrected chi connectivity index (χ2v) is 6.03. The number of alkyl carbamates (subject to hydrolysis) is 1. The maximum absolute atomic E-state index is 11.9. The van der Waals surface area contributed by atoms with Crippen LogP contribution in [-0.4, -0.2) is 37.0 Å². The van der Waals surface area contributed by atoms with E-state index >= 15 is 0 Å².